The average molecular weight is 288 g/mol. The Balaban J connectivity index is 1.53. The Morgan fingerprint density at radius 2 is 1.90 bits per heavy atom. The van der Waals surface area contributed by atoms with Crippen molar-refractivity contribution in [3.63, 3.8) is 0 Å². The van der Waals surface area contributed by atoms with Gasteiger partial charge in [0.15, 0.2) is 5.11 Å². The van der Waals surface area contributed by atoms with Crippen LogP contribution >= 0.6 is 12.2 Å². The van der Waals surface area contributed by atoms with Crippen LogP contribution in [-0.2, 0) is 0 Å². The fraction of sp³-hybridized carbons (Fsp3) is 0.588. The first kappa shape index (κ1) is 13.9. The van der Waals surface area contributed by atoms with Gasteiger partial charge in [-0.2, -0.15) is 0 Å². The zero-order valence-corrected chi connectivity index (χ0v) is 13.2. The van der Waals surface area contributed by atoms with Crippen LogP contribution in [0.5, 0.6) is 0 Å². The highest BCUT2D eigenvalue weighted by Crippen LogP contribution is 2.44. The smallest absolute Gasteiger partial charge is 0.171 e. The van der Waals surface area contributed by atoms with Crippen LogP contribution in [0.25, 0.3) is 0 Å². The maximum Gasteiger partial charge on any atom is 0.171 e. The first-order chi connectivity index (χ1) is 9.61. The largest absolute Gasteiger partial charge is 0.359 e. The molecule has 1 aromatic rings. The van der Waals surface area contributed by atoms with E-state index in [1.54, 1.807) is 0 Å². The molecule has 1 aromatic carbocycles. The molecule has 2 aliphatic carbocycles. The number of benzene rings is 1. The SMILES string of the molecule is CC(C)c1ccc(NC(=S)N[C@H]2C[C@H]3CC[C@H]2C3)cc1. The summed E-state index contributed by atoms with van der Waals surface area (Å²) < 4.78 is 0. The molecule has 2 N–H and O–H groups in total. The summed E-state index contributed by atoms with van der Waals surface area (Å²) in [4.78, 5) is 0. The summed E-state index contributed by atoms with van der Waals surface area (Å²) in [5, 5.41) is 7.61. The van der Waals surface area contributed by atoms with Gasteiger partial charge in [-0.05, 0) is 66.9 Å². The van der Waals surface area contributed by atoms with Gasteiger partial charge < -0.3 is 10.6 Å². The minimum atomic E-state index is 0.572. The minimum absolute atomic E-state index is 0.572. The molecule has 0 amide bonds. The lowest BCUT2D eigenvalue weighted by molar-refractivity contribution is 0.392. The first-order valence-electron chi connectivity index (χ1n) is 7.79. The van der Waals surface area contributed by atoms with Crippen molar-refractivity contribution in [2.24, 2.45) is 11.8 Å². The van der Waals surface area contributed by atoms with Crippen LogP contribution in [-0.4, -0.2) is 11.2 Å². The summed E-state index contributed by atoms with van der Waals surface area (Å²) in [6.45, 7) is 4.42. The minimum Gasteiger partial charge on any atom is -0.359 e. The number of nitrogens with one attached hydrogen (secondary N) is 2. The second kappa shape index (κ2) is 5.72. The van der Waals surface area contributed by atoms with Crippen LogP contribution in [0, 0.1) is 11.8 Å². The summed E-state index contributed by atoms with van der Waals surface area (Å²) in [6.07, 6.45) is 5.52. The van der Waals surface area contributed by atoms with E-state index >= 15 is 0 Å². The molecule has 2 nitrogen and oxygen atoms in total. The summed E-state index contributed by atoms with van der Waals surface area (Å²) in [6, 6.07) is 9.18. The van der Waals surface area contributed by atoms with Crippen LogP contribution in [0.3, 0.4) is 0 Å². The zero-order chi connectivity index (χ0) is 14.1. The lowest BCUT2D eigenvalue weighted by Gasteiger charge is -2.24. The van der Waals surface area contributed by atoms with E-state index in [0.29, 0.717) is 12.0 Å². The van der Waals surface area contributed by atoms with Crippen LogP contribution in [0.15, 0.2) is 24.3 Å². The summed E-state index contributed by atoms with van der Waals surface area (Å²) in [5.41, 5.74) is 2.44. The monoisotopic (exact) mass is 288 g/mol. The molecule has 2 aliphatic rings. The molecule has 0 spiro atoms. The van der Waals surface area contributed by atoms with Crippen LogP contribution in [0.4, 0.5) is 5.69 Å². The molecule has 0 heterocycles. The Morgan fingerprint density at radius 3 is 2.45 bits per heavy atom. The average Bonchev–Trinajstić information content (AvgIpc) is 3.01. The Morgan fingerprint density at radius 1 is 1.15 bits per heavy atom. The lowest BCUT2D eigenvalue weighted by atomic mass is 9.95. The Labute approximate surface area is 127 Å². The number of anilines is 1. The van der Waals surface area contributed by atoms with Crippen molar-refractivity contribution in [2.75, 3.05) is 5.32 Å². The maximum atomic E-state index is 5.45. The van der Waals surface area contributed by atoms with Crippen LogP contribution in [0.2, 0.25) is 0 Å². The summed E-state index contributed by atoms with van der Waals surface area (Å²) in [5.74, 6) is 2.37. The number of hydrogen-bond donors (Lipinski definition) is 2. The summed E-state index contributed by atoms with van der Waals surface area (Å²) >= 11 is 5.45. The van der Waals surface area contributed by atoms with Gasteiger partial charge in [0.2, 0.25) is 0 Å². The molecule has 0 aliphatic heterocycles. The highest BCUT2D eigenvalue weighted by molar-refractivity contribution is 7.80. The molecule has 20 heavy (non-hydrogen) atoms. The Kier molecular flexibility index (Phi) is 3.97. The number of hydrogen-bond acceptors (Lipinski definition) is 1. The lowest BCUT2D eigenvalue weighted by Crippen LogP contribution is -2.40. The molecule has 0 radical (unpaired) electrons. The van der Waals surface area contributed by atoms with Gasteiger partial charge in [0.1, 0.15) is 0 Å². The van der Waals surface area contributed by atoms with Crippen molar-refractivity contribution in [1.29, 1.82) is 0 Å². The fourth-order valence-electron chi connectivity index (χ4n) is 3.71. The highest BCUT2D eigenvalue weighted by atomic mass is 32.1. The maximum absolute atomic E-state index is 5.45. The van der Waals surface area contributed by atoms with Crippen molar-refractivity contribution in [2.45, 2.75) is 51.5 Å². The van der Waals surface area contributed by atoms with Gasteiger partial charge in [0.25, 0.3) is 0 Å². The van der Waals surface area contributed by atoms with E-state index in [-0.39, 0.29) is 0 Å². The van der Waals surface area contributed by atoms with E-state index in [9.17, 15) is 0 Å². The molecule has 2 bridgehead atoms. The van der Waals surface area contributed by atoms with E-state index < -0.39 is 0 Å². The highest BCUT2D eigenvalue weighted by Gasteiger charge is 2.39. The normalized spacial score (nSPS) is 27.9. The molecule has 0 unspecified atom stereocenters. The standard InChI is InChI=1S/C17H24N2S/c1-11(2)13-5-7-15(8-6-13)18-17(20)19-16-10-12-3-4-14(16)9-12/h5-8,11-12,14,16H,3-4,9-10H2,1-2H3,(H2,18,19,20)/t12-,14-,16-/m0/s1. The van der Waals surface area contributed by atoms with Gasteiger partial charge in [0.05, 0.1) is 0 Å². The molecule has 2 saturated carbocycles. The zero-order valence-electron chi connectivity index (χ0n) is 12.4. The van der Waals surface area contributed by atoms with Gasteiger partial charge >= 0.3 is 0 Å². The predicted octanol–water partition coefficient (Wildman–Crippen LogP) is 4.29. The van der Waals surface area contributed by atoms with Crippen molar-refractivity contribution in [3.05, 3.63) is 29.8 Å². The Hall–Kier alpha value is -1.09. The van der Waals surface area contributed by atoms with Crippen LogP contribution < -0.4 is 10.6 Å². The molecule has 0 saturated heterocycles. The molecular weight excluding hydrogens is 264 g/mol. The second-order valence-corrected chi connectivity index (χ2v) is 7.06. The van der Waals surface area contributed by atoms with Crippen molar-refractivity contribution >= 4 is 23.0 Å². The summed E-state index contributed by atoms with van der Waals surface area (Å²) in [7, 11) is 0. The molecule has 3 heteroatoms. The van der Waals surface area contributed by atoms with E-state index in [2.05, 4.69) is 48.7 Å². The third-order valence-corrected chi connectivity index (χ3v) is 5.11. The molecule has 3 atom stereocenters. The molecule has 108 valence electrons. The van der Waals surface area contributed by atoms with Crippen molar-refractivity contribution in [1.82, 2.24) is 5.32 Å². The number of thiocarbonyl (C=S) groups is 1. The number of rotatable bonds is 3. The van der Waals surface area contributed by atoms with Crippen LogP contribution in [0.1, 0.15) is 51.0 Å². The molecule has 2 fully saturated rings. The van der Waals surface area contributed by atoms with Crippen molar-refractivity contribution < 1.29 is 0 Å². The predicted molar refractivity (Wildman–Crippen MR) is 89.1 cm³/mol. The van der Waals surface area contributed by atoms with Gasteiger partial charge in [-0.25, -0.2) is 0 Å². The van der Waals surface area contributed by atoms with Gasteiger partial charge in [-0.15, -0.1) is 0 Å². The Bertz CT molecular complexity index is 480. The van der Waals surface area contributed by atoms with Gasteiger partial charge in [-0.3, -0.25) is 0 Å². The second-order valence-electron chi connectivity index (χ2n) is 6.66. The van der Waals surface area contributed by atoms with E-state index in [4.69, 9.17) is 12.2 Å². The van der Waals surface area contributed by atoms with E-state index in [1.165, 1.54) is 31.2 Å². The quantitative estimate of drug-likeness (QED) is 0.812. The molecule has 3 rings (SSSR count). The van der Waals surface area contributed by atoms with E-state index in [1.807, 2.05) is 0 Å². The van der Waals surface area contributed by atoms with Gasteiger partial charge in [0, 0.05) is 11.7 Å². The fourth-order valence-corrected chi connectivity index (χ4v) is 3.98. The molecular formula is C17H24N2S. The third-order valence-electron chi connectivity index (χ3n) is 4.89. The number of fused-ring (bicyclic) bond motifs is 2. The topological polar surface area (TPSA) is 24.1 Å². The van der Waals surface area contributed by atoms with E-state index in [0.717, 1.165) is 22.6 Å². The third kappa shape index (κ3) is 2.98. The van der Waals surface area contributed by atoms with Gasteiger partial charge in [-0.1, -0.05) is 32.4 Å². The van der Waals surface area contributed by atoms with Crippen molar-refractivity contribution in [3.8, 4) is 0 Å². The first-order valence-corrected chi connectivity index (χ1v) is 8.20. The molecule has 0 aromatic heterocycles.